The molecule has 0 aliphatic heterocycles. The zero-order chi connectivity index (χ0) is 12.6. The third-order valence-corrected chi connectivity index (χ3v) is 2.33. The molecular weight excluding hydrogens is 196 g/mol. The van der Waals surface area contributed by atoms with Crippen LogP contribution in [0.25, 0.3) is 0 Å². The van der Waals surface area contributed by atoms with Crippen LogP contribution in [0.1, 0.15) is 39.7 Å². The predicted octanol–water partition coefficient (Wildman–Crippen LogP) is 3.90. The molecule has 1 aromatic rings. The van der Waals surface area contributed by atoms with E-state index >= 15 is 0 Å². The van der Waals surface area contributed by atoms with Gasteiger partial charge in [0.05, 0.1) is 0 Å². The van der Waals surface area contributed by atoms with Gasteiger partial charge in [-0.05, 0) is 30.9 Å². The highest BCUT2D eigenvalue weighted by Crippen LogP contribution is 2.10. The standard InChI is InChI=1S/C12H20N2.C2H6/c1-10(2)7-8-14(4)12-6-5-11(3)9-13-12;1-2/h5-6,9-10H,7-8H2,1-4H3;1-2H3. The van der Waals surface area contributed by atoms with Crippen LogP contribution in [-0.4, -0.2) is 18.6 Å². The van der Waals surface area contributed by atoms with Gasteiger partial charge in [0.15, 0.2) is 0 Å². The first kappa shape index (κ1) is 14.9. The molecule has 0 aromatic carbocycles. The first-order valence-electron chi connectivity index (χ1n) is 6.23. The number of hydrogen-bond acceptors (Lipinski definition) is 2. The van der Waals surface area contributed by atoms with Gasteiger partial charge in [0.25, 0.3) is 0 Å². The Labute approximate surface area is 101 Å². The van der Waals surface area contributed by atoms with Crippen LogP contribution in [0, 0.1) is 12.8 Å². The largest absolute Gasteiger partial charge is 0.360 e. The molecule has 1 aromatic heterocycles. The average molecular weight is 222 g/mol. The van der Waals surface area contributed by atoms with E-state index in [9.17, 15) is 0 Å². The second kappa shape index (κ2) is 8.14. The minimum absolute atomic E-state index is 0.753. The maximum Gasteiger partial charge on any atom is 0.128 e. The smallest absolute Gasteiger partial charge is 0.128 e. The number of hydrogen-bond donors (Lipinski definition) is 0. The first-order chi connectivity index (χ1) is 7.59. The Balaban J connectivity index is 0.00000106. The number of pyridine rings is 1. The number of aryl methyl sites for hydroxylation is 1. The second-order valence-electron chi connectivity index (χ2n) is 4.30. The number of rotatable bonds is 4. The summed E-state index contributed by atoms with van der Waals surface area (Å²) in [6.45, 7) is 11.6. The SMILES string of the molecule is CC.Cc1ccc(N(C)CCC(C)C)nc1. The van der Waals surface area contributed by atoms with Crippen LogP contribution in [-0.2, 0) is 0 Å². The van der Waals surface area contributed by atoms with Crippen LogP contribution in [0.2, 0.25) is 0 Å². The van der Waals surface area contributed by atoms with Gasteiger partial charge in [0.1, 0.15) is 5.82 Å². The summed E-state index contributed by atoms with van der Waals surface area (Å²) in [5.41, 5.74) is 1.21. The molecule has 92 valence electrons. The molecule has 1 heterocycles. The molecule has 0 amide bonds. The average Bonchev–Trinajstić information content (AvgIpc) is 2.29. The Bertz CT molecular complexity index is 265. The van der Waals surface area contributed by atoms with Gasteiger partial charge in [-0.1, -0.05) is 33.8 Å². The van der Waals surface area contributed by atoms with Crippen molar-refractivity contribution in [2.75, 3.05) is 18.5 Å². The van der Waals surface area contributed by atoms with Gasteiger partial charge in [0, 0.05) is 19.8 Å². The molecular formula is C14H26N2. The van der Waals surface area contributed by atoms with Gasteiger partial charge < -0.3 is 4.90 Å². The first-order valence-corrected chi connectivity index (χ1v) is 6.23. The van der Waals surface area contributed by atoms with Crippen LogP contribution < -0.4 is 4.90 Å². The highest BCUT2D eigenvalue weighted by atomic mass is 15.2. The molecule has 0 aliphatic carbocycles. The lowest BCUT2D eigenvalue weighted by molar-refractivity contribution is 0.583. The molecule has 0 unspecified atom stereocenters. The Morgan fingerprint density at radius 2 is 1.88 bits per heavy atom. The van der Waals surface area contributed by atoms with Crippen molar-refractivity contribution in [2.45, 2.75) is 41.0 Å². The van der Waals surface area contributed by atoms with E-state index in [0.717, 1.165) is 18.3 Å². The van der Waals surface area contributed by atoms with Gasteiger partial charge in [0.2, 0.25) is 0 Å². The third kappa shape index (κ3) is 5.74. The molecule has 0 radical (unpaired) electrons. The molecule has 2 nitrogen and oxygen atoms in total. The minimum atomic E-state index is 0.753. The van der Waals surface area contributed by atoms with E-state index in [4.69, 9.17) is 0 Å². The number of aromatic nitrogens is 1. The van der Waals surface area contributed by atoms with E-state index in [1.807, 2.05) is 20.0 Å². The molecule has 0 N–H and O–H groups in total. The zero-order valence-corrected chi connectivity index (χ0v) is 11.6. The van der Waals surface area contributed by atoms with Gasteiger partial charge >= 0.3 is 0 Å². The minimum Gasteiger partial charge on any atom is -0.360 e. The summed E-state index contributed by atoms with van der Waals surface area (Å²) < 4.78 is 0. The monoisotopic (exact) mass is 222 g/mol. The second-order valence-corrected chi connectivity index (χ2v) is 4.30. The van der Waals surface area contributed by atoms with Gasteiger partial charge in [-0.3, -0.25) is 0 Å². The maximum absolute atomic E-state index is 4.38. The van der Waals surface area contributed by atoms with Gasteiger partial charge in [-0.25, -0.2) is 4.98 Å². The van der Waals surface area contributed by atoms with Gasteiger partial charge in [-0.2, -0.15) is 0 Å². The van der Waals surface area contributed by atoms with Crippen LogP contribution >= 0.6 is 0 Å². The molecule has 0 saturated carbocycles. The summed E-state index contributed by atoms with van der Waals surface area (Å²) >= 11 is 0. The van der Waals surface area contributed by atoms with Crippen LogP contribution in [0.3, 0.4) is 0 Å². The zero-order valence-electron chi connectivity index (χ0n) is 11.6. The number of nitrogens with zero attached hydrogens (tertiary/aromatic N) is 2. The van der Waals surface area contributed by atoms with Crippen molar-refractivity contribution in [2.24, 2.45) is 5.92 Å². The molecule has 16 heavy (non-hydrogen) atoms. The molecule has 0 fully saturated rings. The van der Waals surface area contributed by atoms with Crippen LogP contribution in [0.5, 0.6) is 0 Å². The number of anilines is 1. The Kier molecular flexibility index (Phi) is 7.61. The highest BCUT2D eigenvalue weighted by Gasteiger charge is 2.02. The van der Waals surface area contributed by atoms with E-state index in [0.29, 0.717) is 0 Å². The summed E-state index contributed by atoms with van der Waals surface area (Å²) in [5.74, 6) is 1.82. The van der Waals surface area contributed by atoms with Gasteiger partial charge in [-0.15, -0.1) is 0 Å². The summed E-state index contributed by atoms with van der Waals surface area (Å²) in [7, 11) is 2.10. The lowest BCUT2D eigenvalue weighted by atomic mass is 10.1. The van der Waals surface area contributed by atoms with E-state index in [2.05, 4.69) is 49.8 Å². The molecule has 0 aliphatic rings. The summed E-state index contributed by atoms with van der Waals surface area (Å²) in [4.78, 5) is 6.59. The third-order valence-electron chi connectivity index (χ3n) is 2.33. The van der Waals surface area contributed by atoms with Crippen molar-refractivity contribution < 1.29 is 0 Å². The Hall–Kier alpha value is -1.05. The Morgan fingerprint density at radius 1 is 1.25 bits per heavy atom. The van der Waals surface area contributed by atoms with E-state index < -0.39 is 0 Å². The highest BCUT2D eigenvalue weighted by molar-refractivity contribution is 5.37. The van der Waals surface area contributed by atoms with Crippen molar-refractivity contribution in [1.82, 2.24) is 4.98 Å². The lowest BCUT2D eigenvalue weighted by Crippen LogP contribution is -2.20. The molecule has 2 heteroatoms. The maximum atomic E-state index is 4.38. The van der Waals surface area contributed by atoms with Crippen LogP contribution in [0.4, 0.5) is 5.82 Å². The molecule has 0 saturated heterocycles. The van der Waals surface area contributed by atoms with Crippen molar-refractivity contribution >= 4 is 5.82 Å². The molecule has 0 atom stereocenters. The Morgan fingerprint density at radius 3 is 2.31 bits per heavy atom. The van der Waals surface area contributed by atoms with E-state index in [1.165, 1.54) is 12.0 Å². The predicted molar refractivity (Wildman–Crippen MR) is 73.0 cm³/mol. The normalized spacial score (nSPS) is 9.69. The molecule has 0 spiro atoms. The topological polar surface area (TPSA) is 16.1 Å². The van der Waals surface area contributed by atoms with Crippen molar-refractivity contribution in [3.05, 3.63) is 23.9 Å². The van der Waals surface area contributed by atoms with Crippen LogP contribution in [0.15, 0.2) is 18.3 Å². The van der Waals surface area contributed by atoms with Crippen molar-refractivity contribution in [1.29, 1.82) is 0 Å². The quantitative estimate of drug-likeness (QED) is 0.768. The summed E-state index contributed by atoms with van der Waals surface area (Å²) in [6.07, 6.45) is 3.13. The van der Waals surface area contributed by atoms with E-state index in [-0.39, 0.29) is 0 Å². The summed E-state index contributed by atoms with van der Waals surface area (Å²) in [6, 6.07) is 4.18. The van der Waals surface area contributed by atoms with E-state index in [1.54, 1.807) is 0 Å². The molecule has 1 rings (SSSR count). The van der Waals surface area contributed by atoms with Crippen molar-refractivity contribution in [3.63, 3.8) is 0 Å². The lowest BCUT2D eigenvalue weighted by Gasteiger charge is -2.19. The summed E-state index contributed by atoms with van der Waals surface area (Å²) in [5, 5.41) is 0. The van der Waals surface area contributed by atoms with Crippen molar-refractivity contribution in [3.8, 4) is 0 Å². The fourth-order valence-electron chi connectivity index (χ4n) is 1.25. The fraction of sp³-hybridized carbons (Fsp3) is 0.643. The molecule has 0 bridgehead atoms. The fourth-order valence-corrected chi connectivity index (χ4v) is 1.25.